The van der Waals surface area contributed by atoms with Gasteiger partial charge in [-0.15, -0.1) is 0 Å². The fourth-order valence-electron chi connectivity index (χ4n) is 4.66. The van der Waals surface area contributed by atoms with Crippen LogP contribution in [0.2, 0.25) is 0 Å². The second-order valence-corrected chi connectivity index (χ2v) is 10.8. The predicted molar refractivity (Wildman–Crippen MR) is 148 cm³/mol. The highest BCUT2D eigenvalue weighted by Gasteiger charge is 2.56. The zero-order valence-electron chi connectivity index (χ0n) is 24.4. The van der Waals surface area contributed by atoms with Gasteiger partial charge in [-0.05, 0) is 58.8 Å². The van der Waals surface area contributed by atoms with Gasteiger partial charge < -0.3 is 4.74 Å². The number of unbranched alkanes of at least 4 members (excludes halogenated alkanes) is 11. The molecule has 0 spiro atoms. The summed E-state index contributed by atoms with van der Waals surface area (Å²) in [5.41, 5.74) is -2.17. The smallest absolute Gasteiger partial charge is 0.376 e. The molecule has 0 saturated heterocycles. The lowest BCUT2D eigenvalue weighted by molar-refractivity contribution is -0.168. The molecule has 0 aromatic heterocycles. The van der Waals surface area contributed by atoms with Crippen molar-refractivity contribution >= 4 is 29.1 Å². The minimum atomic E-state index is -2.17. The van der Waals surface area contributed by atoms with E-state index in [1.165, 1.54) is 45.4 Å². The molecule has 0 N–H and O–H groups in total. The summed E-state index contributed by atoms with van der Waals surface area (Å²) in [6, 6.07) is 0. The summed E-state index contributed by atoms with van der Waals surface area (Å²) in [5.74, 6) is -4.95. The lowest BCUT2D eigenvalue weighted by Crippen LogP contribution is -2.54. The minimum absolute atomic E-state index is 0.0146. The molecule has 0 aromatic rings. The summed E-state index contributed by atoms with van der Waals surface area (Å²) in [5, 5.41) is 0. The quantitative estimate of drug-likeness (QED) is 0.0461. The van der Waals surface area contributed by atoms with Crippen molar-refractivity contribution in [3.8, 4) is 0 Å². The lowest BCUT2D eigenvalue weighted by atomic mass is 9.65. The molecular formula is C31H52O6. The van der Waals surface area contributed by atoms with Gasteiger partial charge in [0.2, 0.25) is 0 Å². The van der Waals surface area contributed by atoms with Crippen LogP contribution in [0.3, 0.4) is 0 Å². The van der Waals surface area contributed by atoms with E-state index in [2.05, 4.69) is 19.1 Å². The minimum Gasteiger partial charge on any atom is -0.457 e. The molecule has 0 aliphatic carbocycles. The first-order valence-corrected chi connectivity index (χ1v) is 14.5. The summed E-state index contributed by atoms with van der Waals surface area (Å²) >= 11 is 0. The molecule has 6 nitrogen and oxygen atoms in total. The number of allylic oxidation sites excluding steroid dienone is 2. The van der Waals surface area contributed by atoms with E-state index in [9.17, 15) is 24.0 Å². The zero-order chi connectivity index (χ0) is 28.3. The van der Waals surface area contributed by atoms with Crippen molar-refractivity contribution in [2.45, 2.75) is 144 Å². The van der Waals surface area contributed by atoms with Gasteiger partial charge in [-0.1, -0.05) is 84.3 Å². The van der Waals surface area contributed by atoms with Crippen LogP contribution in [0.25, 0.3) is 0 Å². The van der Waals surface area contributed by atoms with Crippen LogP contribution in [0.1, 0.15) is 138 Å². The van der Waals surface area contributed by atoms with Crippen LogP contribution in [0.4, 0.5) is 0 Å². The maximum atomic E-state index is 13.3. The van der Waals surface area contributed by atoms with E-state index in [4.69, 9.17) is 4.74 Å². The van der Waals surface area contributed by atoms with Crippen LogP contribution < -0.4 is 0 Å². The number of rotatable bonds is 23. The number of hydrogen-bond donors (Lipinski definition) is 0. The van der Waals surface area contributed by atoms with E-state index in [1.807, 2.05) is 0 Å². The van der Waals surface area contributed by atoms with Crippen molar-refractivity contribution in [1.29, 1.82) is 0 Å². The Balaban J connectivity index is 4.71. The fourth-order valence-corrected chi connectivity index (χ4v) is 4.66. The summed E-state index contributed by atoms with van der Waals surface area (Å²) in [4.78, 5) is 63.6. The second-order valence-electron chi connectivity index (χ2n) is 10.8. The molecule has 0 aromatic carbocycles. The molecule has 0 bridgehead atoms. The Morgan fingerprint density at radius 1 is 0.703 bits per heavy atom. The number of esters is 1. The Bertz CT molecular complexity index is 749. The van der Waals surface area contributed by atoms with Gasteiger partial charge in [0.1, 0.15) is 5.78 Å². The average Bonchev–Trinajstić information content (AvgIpc) is 2.80. The topological polar surface area (TPSA) is 94.6 Å². The Labute approximate surface area is 225 Å². The highest BCUT2D eigenvalue weighted by Crippen LogP contribution is 2.35. The van der Waals surface area contributed by atoms with Gasteiger partial charge in [0.05, 0.1) is 12.5 Å². The van der Waals surface area contributed by atoms with Gasteiger partial charge in [0.25, 0.3) is 5.78 Å². The first kappa shape index (κ1) is 34.9. The van der Waals surface area contributed by atoms with E-state index in [-0.39, 0.29) is 6.42 Å². The monoisotopic (exact) mass is 520 g/mol. The third kappa shape index (κ3) is 13.3. The number of ether oxygens (including phenoxy) is 1. The second kappa shape index (κ2) is 19.9. The molecule has 212 valence electrons. The highest BCUT2D eigenvalue weighted by atomic mass is 16.5. The van der Waals surface area contributed by atoms with E-state index in [1.54, 1.807) is 27.7 Å². The van der Waals surface area contributed by atoms with Gasteiger partial charge in [0.15, 0.2) is 17.0 Å². The van der Waals surface area contributed by atoms with E-state index >= 15 is 0 Å². The van der Waals surface area contributed by atoms with E-state index in [0.717, 1.165) is 38.5 Å². The first-order valence-electron chi connectivity index (χ1n) is 14.5. The Morgan fingerprint density at radius 3 is 1.65 bits per heavy atom. The number of carbonyl (C=O) groups is 5. The van der Waals surface area contributed by atoms with Crippen molar-refractivity contribution in [2.75, 3.05) is 0 Å². The molecule has 0 rings (SSSR count). The number of carbonyl (C=O) groups excluding carboxylic acids is 5. The van der Waals surface area contributed by atoms with Crippen LogP contribution in [0.5, 0.6) is 0 Å². The molecule has 0 radical (unpaired) electrons. The number of ketones is 4. The average molecular weight is 521 g/mol. The molecule has 0 aliphatic heterocycles. The predicted octanol–water partition coefficient (Wildman–Crippen LogP) is 7.30. The summed E-state index contributed by atoms with van der Waals surface area (Å²) in [6.07, 6.45) is 17.9. The van der Waals surface area contributed by atoms with E-state index in [0.29, 0.717) is 6.42 Å². The van der Waals surface area contributed by atoms with Gasteiger partial charge in [-0.25, -0.2) is 4.79 Å². The summed E-state index contributed by atoms with van der Waals surface area (Å²) < 4.78 is 5.02. The molecule has 0 fully saturated rings. The van der Waals surface area contributed by atoms with Crippen LogP contribution in [-0.2, 0) is 28.7 Å². The maximum absolute atomic E-state index is 13.3. The highest BCUT2D eigenvalue weighted by molar-refractivity contribution is 6.47. The lowest BCUT2D eigenvalue weighted by Gasteiger charge is -2.32. The van der Waals surface area contributed by atoms with Crippen molar-refractivity contribution in [3.05, 3.63) is 12.2 Å². The third-order valence-electron chi connectivity index (χ3n) is 6.71. The van der Waals surface area contributed by atoms with Crippen molar-refractivity contribution < 1.29 is 28.7 Å². The molecular weight excluding hydrogens is 468 g/mol. The Kier molecular flexibility index (Phi) is 18.8. The molecule has 1 atom stereocenters. The largest absolute Gasteiger partial charge is 0.457 e. The number of hydrogen-bond acceptors (Lipinski definition) is 6. The molecule has 0 heterocycles. The molecule has 37 heavy (non-hydrogen) atoms. The van der Waals surface area contributed by atoms with Crippen molar-refractivity contribution in [3.63, 3.8) is 0 Å². The normalized spacial score (nSPS) is 13.2. The maximum Gasteiger partial charge on any atom is 0.376 e. The molecule has 0 saturated carbocycles. The molecule has 6 heteroatoms. The SMILES string of the molecule is CCCCCCCC/C=C\CCCCCCCC(=O)C(C(=O)CC(C)=O)(C(=O)C(=O)OC(C)C)C(C)C. The molecule has 0 amide bonds. The fraction of sp³-hybridized carbons (Fsp3) is 0.774. The van der Waals surface area contributed by atoms with Gasteiger partial charge in [-0.3, -0.25) is 19.2 Å². The Hall–Kier alpha value is -2.11. The van der Waals surface area contributed by atoms with Crippen LogP contribution in [0, 0.1) is 11.3 Å². The Morgan fingerprint density at radius 2 is 1.19 bits per heavy atom. The van der Waals surface area contributed by atoms with Gasteiger partial charge >= 0.3 is 5.97 Å². The summed E-state index contributed by atoms with van der Waals surface area (Å²) in [6.45, 7) is 9.78. The first-order chi connectivity index (χ1) is 17.5. The van der Waals surface area contributed by atoms with Crippen LogP contribution in [-0.4, -0.2) is 35.2 Å². The van der Waals surface area contributed by atoms with E-state index < -0.39 is 53.0 Å². The van der Waals surface area contributed by atoms with Crippen molar-refractivity contribution in [1.82, 2.24) is 0 Å². The van der Waals surface area contributed by atoms with Gasteiger partial charge in [-0.2, -0.15) is 0 Å². The standard InChI is InChI=1S/C31H52O6/c1-7-8-9-10-11-12-13-14-15-16-17-18-19-20-21-22-27(33)31(24(2)3,28(34)23-26(6)32)29(35)30(36)37-25(4)5/h14-15,24-25H,7-13,16-23H2,1-6H3/b15-14-. The van der Waals surface area contributed by atoms with Gasteiger partial charge in [0, 0.05) is 6.42 Å². The number of Topliss-reactive ketones (excluding diaryl/α,β-unsaturated/α-hetero) is 4. The van der Waals surface area contributed by atoms with Crippen LogP contribution in [0.15, 0.2) is 12.2 Å². The van der Waals surface area contributed by atoms with Crippen LogP contribution >= 0.6 is 0 Å². The molecule has 0 aliphatic rings. The molecule has 1 unspecified atom stereocenters. The summed E-state index contributed by atoms with van der Waals surface area (Å²) in [7, 11) is 0. The van der Waals surface area contributed by atoms with Crippen molar-refractivity contribution in [2.24, 2.45) is 11.3 Å². The zero-order valence-corrected chi connectivity index (χ0v) is 24.4. The third-order valence-corrected chi connectivity index (χ3v) is 6.71.